The zero-order valence-electron chi connectivity index (χ0n) is 16.6. The van der Waals surface area contributed by atoms with Gasteiger partial charge in [-0.2, -0.15) is 0 Å². The van der Waals surface area contributed by atoms with Crippen molar-refractivity contribution >= 4 is 38.5 Å². The topological polar surface area (TPSA) is 49.8 Å². The number of rotatable bonds is 4. The maximum absolute atomic E-state index is 4.86. The van der Waals surface area contributed by atoms with Crippen LogP contribution in [0.5, 0.6) is 0 Å². The first-order chi connectivity index (χ1) is 14.8. The second-order valence-corrected chi connectivity index (χ2v) is 8.59. The van der Waals surface area contributed by atoms with Gasteiger partial charge in [-0.1, -0.05) is 64.8 Å². The van der Waals surface area contributed by atoms with Gasteiger partial charge in [0.2, 0.25) is 5.95 Å². The summed E-state index contributed by atoms with van der Waals surface area (Å²) in [5, 5.41) is 8.03. The number of halogens is 1. The lowest BCUT2D eigenvalue weighted by molar-refractivity contribution is 0.412. The Kier molecular flexibility index (Phi) is 5.47. The second kappa shape index (κ2) is 8.54. The molecule has 1 saturated heterocycles. The van der Waals surface area contributed by atoms with Gasteiger partial charge in [0, 0.05) is 27.2 Å². The average molecular weight is 459 g/mol. The summed E-state index contributed by atoms with van der Waals surface area (Å²) in [6.45, 7) is 1.11. The Hall–Kier alpha value is -2.76. The fourth-order valence-corrected chi connectivity index (χ4v) is 4.40. The Morgan fingerprint density at radius 3 is 2.50 bits per heavy atom. The van der Waals surface area contributed by atoms with Crippen molar-refractivity contribution in [3.63, 3.8) is 0 Å². The van der Waals surface area contributed by atoms with Crippen molar-refractivity contribution in [1.29, 1.82) is 0 Å². The molecule has 5 heteroatoms. The molecule has 0 aliphatic carbocycles. The van der Waals surface area contributed by atoms with Crippen LogP contribution in [-0.4, -0.2) is 16.5 Å². The number of fused-ring (bicyclic) bond motifs is 1. The summed E-state index contributed by atoms with van der Waals surface area (Å²) in [5.41, 5.74) is 5.24. The van der Waals surface area contributed by atoms with Crippen LogP contribution < -0.4 is 10.6 Å². The van der Waals surface area contributed by atoms with Crippen molar-refractivity contribution < 1.29 is 0 Å². The Morgan fingerprint density at radius 2 is 1.73 bits per heavy atom. The summed E-state index contributed by atoms with van der Waals surface area (Å²) in [7, 11) is 0. The van der Waals surface area contributed by atoms with E-state index in [1.54, 1.807) is 0 Å². The molecule has 1 aliphatic heterocycles. The zero-order valence-corrected chi connectivity index (χ0v) is 18.2. The van der Waals surface area contributed by atoms with Gasteiger partial charge in [-0.25, -0.2) is 9.97 Å². The lowest BCUT2D eigenvalue weighted by Gasteiger charge is -2.24. The highest BCUT2D eigenvalue weighted by molar-refractivity contribution is 9.10. The standard InChI is InChI=1S/C25H23BrN4/c26-19-11-14-23-21(16-19)24(18-6-2-1-3-7-18)30-25(29-23)28-20-12-9-17(10-13-20)22-8-4-5-15-27-22/h1-3,6-7,9-14,16,22,27H,4-5,8,15H2,(H,28,29,30). The van der Waals surface area contributed by atoms with Crippen LogP contribution >= 0.6 is 15.9 Å². The molecule has 1 aromatic heterocycles. The van der Waals surface area contributed by atoms with Gasteiger partial charge in [-0.15, -0.1) is 0 Å². The summed E-state index contributed by atoms with van der Waals surface area (Å²) in [6, 6.07) is 25.5. The summed E-state index contributed by atoms with van der Waals surface area (Å²) in [5.74, 6) is 0.604. The van der Waals surface area contributed by atoms with Crippen molar-refractivity contribution in [3.05, 3.63) is 82.8 Å². The smallest absolute Gasteiger partial charge is 0.228 e. The molecule has 3 aromatic carbocycles. The molecule has 30 heavy (non-hydrogen) atoms. The highest BCUT2D eigenvalue weighted by Crippen LogP contribution is 2.30. The van der Waals surface area contributed by atoms with Crippen molar-refractivity contribution in [2.24, 2.45) is 0 Å². The van der Waals surface area contributed by atoms with E-state index in [1.807, 2.05) is 30.3 Å². The van der Waals surface area contributed by atoms with Crippen molar-refractivity contribution in [2.75, 3.05) is 11.9 Å². The maximum Gasteiger partial charge on any atom is 0.228 e. The van der Waals surface area contributed by atoms with Crippen LogP contribution in [0.25, 0.3) is 22.2 Å². The quantitative estimate of drug-likeness (QED) is 0.360. The Morgan fingerprint density at radius 1 is 0.900 bits per heavy atom. The number of aromatic nitrogens is 2. The summed E-state index contributed by atoms with van der Waals surface area (Å²) in [6.07, 6.45) is 3.77. The lowest BCUT2D eigenvalue weighted by Crippen LogP contribution is -2.26. The molecule has 0 spiro atoms. The molecular formula is C25H23BrN4. The van der Waals surface area contributed by atoms with Crippen LogP contribution in [0.4, 0.5) is 11.6 Å². The van der Waals surface area contributed by atoms with E-state index in [2.05, 4.69) is 69.0 Å². The van der Waals surface area contributed by atoms with Gasteiger partial charge in [0.25, 0.3) is 0 Å². The predicted octanol–water partition coefficient (Wildman–Crippen LogP) is 6.62. The van der Waals surface area contributed by atoms with Crippen LogP contribution in [-0.2, 0) is 0 Å². The van der Waals surface area contributed by atoms with Gasteiger partial charge in [-0.3, -0.25) is 0 Å². The molecule has 4 nitrogen and oxygen atoms in total. The SMILES string of the molecule is Brc1ccc2nc(Nc3ccc(C4CCCCN4)cc3)nc(-c3ccccc3)c2c1. The van der Waals surface area contributed by atoms with Crippen molar-refractivity contribution in [2.45, 2.75) is 25.3 Å². The molecular weight excluding hydrogens is 436 g/mol. The number of benzene rings is 3. The third-order valence-electron chi connectivity index (χ3n) is 5.58. The third kappa shape index (κ3) is 4.09. The molecule has 1 atom stereocenters. The minimum Gasteiger partial charge on any atom is -0.324 e. The molecule has 5 rings (SSSR count). The summed E-state index contributed by atoms with van der Waals surface area (Å²) < 4.78 is 1.02. The molecule has 2 heterocycles. The third-order valence-corrected chi connectivity index (χ3v) is 6.08. The molecule has 0 saturated carbocycles. The maximum atomic E-state index is 4.86. The van der Waals surface area contributed by atoms with Crippen molar-refractivity contribution in [3.8, 4) is 11.3 Å². The Labute approximate surface area is 184 Å². The van der Waals surface area contributed by atoms with E-state index in [9.17, 15) is 0 Å². The molecule has 1 aliphatic rings. The lowest BCUT2D eigenvalue weighted by atomic mass is 9.97. The molecule has 0 radical (unpaired) electrons. The molecule has 2 N–H and O–H groups in total. The fourth-order valence-electron chi connectivity index (χ4n) is 4.04. The minimum absolute atomic E-state index is 0.466. The van der Waals surface area contributed by atoms with E-state index < -0.39 is 0 Å². The van der Waals surface area contributed by atoms with E-state index >= 15 is 0 Å². The average Bonchev–Trinajstić information content (AvgIpc) is 2.80. The van der Waals surface area contributed by atoms with E-state index in [1.165, 1.54) is 24.8 Å². The predicted molar refractivity (Wildman–Crippen MR) is 127 cm³/mol. The first-order valence-electron chi connectivity index (χ1n) is 10.4. The van der Waals surface area contributed by atoms with Crippen LogP contribution in [0.1, 0.15) is 30.9 Å². The van der Waals surface area contributed by atoms with Crippen LogP contribution in [0, 0.1) is 0 Å². The van der Waals surface area contributed by atoms with Crippen molar-refractivity contribution in [1.82, 2.24) is 15.3 Å². The number of hydrogen-bond donors (Lipinski definition) is 2. The highest BCUT2D eigenvalue weighted by Gasteiger charge is 2.15. The number of anilines is 2. The Bertz CT molecular complexity index is 1150. The monoisotopic (exact) mass is 458 g/mol. The highest BCUT2D eigenvalue weighted by atomic mass is 79.9. The molecule has 4 aromatic rings. The number of piperidine rings is 1. The number of nitrogens with zero attached hydrogens (tertiary/aromatic N) is 2. The number of hydrogen-bond acceptors (Lipinski definition) is 4. The summed E-state index contributed by atoms with van der Waals surface area (Å²) in [4.78, 5) is 9.62. The van der Waals surface area contributed by atoms with E-state index in [0.717, 1.165) is 38.9 Å². The molecule has 150 valence electrons. The van der Waals surface area contributed by atoms with E-state index in [-0.39, 0.29) is 0 Å². The number of nitrogens with one attached hydrogen (secondary N) is 2. The normalized spacial score (nSPS) is 16.5. The molecule has 0 amide bonds. The first kappa shape index (κ1) is 19.2. The van der Waals surface area contributed by atoms with Gasteiger partial charge < -0.3 is 10.6 Å². The molecule has 1 unspecified atom stereocenters. The molecule has 1 fully saturated rings. The summed E-state index contributed by atoms with van der Waals surface area (Å²) >= 11 is 3.57. The fraction of sp³-hybridized carbons (Fsp3) is 0.200. The van der Waals surface area contributed by atoms with E-state index in [0.29, 0.717) is 12.0 Å². The van der Waals surface area contributed by atoms with Gasteiger partial charge in [0.1, 0.15) is 0 Å². The zero-order chi connectivity index (χ0) is 20.3. The molecule has 0 bridgehead atoms. The van der Waals surface area contributed by atoms with Gasteiger partial charge in [-0.05, 0) is 55.3 Å². The van der Waals surface area contributed by atoms with E-state index in [4.69, 9.17) is 9.97 Å². The van der Waals surface area contributed by atoms with Gasteiger partial charge in [0.05, 0.1) is 11.2 Å². The van der Waals surface area contributed by atoms with Gasteiger partial charge >= 0.3 is 0 Å². The Balaban J connectivity index is 1.48. The first-order valence-corrected chi connectivity index (χ1v) is 11.2. The van der Waals surface area contributed by atoms with Crippen LogP contribution in [0.15, 0.2) is 77.3 Å². The van der Waals surface area contributed by atoms with Crippen LogP contribution in [0.2, 0.25) is 0 Å². The second-order valence-electron chi connectivity index (χ2n) is 7.67. The van der Waals surface area contributed by atoms with Gasteiger partial charge in [0.15, 0.2) is 0 Å². The van der Waals surface area contributed by atoms with Crippen LogP contribution in [0.3, 0.4) is 0 Å². The largest absolute Gasteiger partial charge is 0.324 e. The minimum atomic E-state index is 0.466.